The normalized spacial score (nSPS) is 11.5. The van der Waals surface area contributed by atoms with Gasteiger partial charge in [-0.1, -0.05) is 87.7 Å². The Morgan fingerprint density at radius 3 is 2.10 bits per heavy atom. The van der Waals surface area contributed by atoms with Crippen LogP contribution in [-0.2, 0) is 35.3 Å². The molecule has 1 amide bonds. The van der Waals surface area contributed by atoms with E-state index in [1.807, 2.05) is 0 Å². The Labute approximate surface area is 232 Å². The Morgan fingerprint density at radius 1 is 0.875 bits per heavy atom. The topological polar surface area (TPSA) is 96.5 Å². The van der Waals surface area contributed by atoms with Gasteiger partial charge in [0.2, 0.25) is 0 Å². The average Bonchev–Trinajstić information content (AvgIpc) is 3.40. The van der Waals surface area contributed by atoms with Crippen LogP contribution in [0.3, 0.4) is 0 Å². The molecule has 0 atom stereocenters. The fourth-order valence-corrected chi connectivity index (χ4v) is 4.49. The van der Waals surface area contributed by atoms with E-state index in [1.54, 1.807) is 24.3 Å². The van der Waals surface area contributed by atoms with Crippen molar-refractivity contribution < 1.29 is 32.4 Å². The molecule has 0 aliphatic carbocycles. The highest BCUT2D eigenvalue weighted by atomic mass is 19.4. The molecule has 216 valence electrons. The number of carboxylic acids is 1. The maximum atomic E-state index is 13.1. The lowest BCUT2D eigenvalue weighted by Gasteiger charge is -2.21. The van der Waals surface area contributed by atoms with E-state index in [9.17, 15) is 27.9 Å². The first-order valence-corrected chi connectivity index (χ1v) is 13.8. The predicted octanol–water partition coefficient (Wildman–Crippen LogP) is 7.44. The number of aliphatic carboxylic acids is 1. The summed E-state index contributed by atoms with van der Waals surface area (Å²) in [5, 5.41) is 13.4. The third-order valence-electron chi connectivity index (χ3n) is 6.62. The number of rotatable bonds is 15. The lowest BCUT2D eigenvalue weighted by molar-refractivity contribution is -0.156. The third kappa shape index (κ3) is 9.81. The molecule has 0 bridgehead atoms. The fraction of sp³-hybridized carbons (Fsp3) is 0.467. The highest BCUT2D eigenvalue weighted by Crippen LogP contribution is 2.30. The number of aryl methyl sites for hydroxylation is 1. The molecule has 1 aromatic heterocycles. The van der Waals surface area contributed by atoms with Gasteiger partial charge in [0.1, 0.15) is 0 Å². The number of nitrogens with zero attached hydrogens (tertiary/aromatic N) is 3. The second kappa shape index (κ2) is 15.2. The number of amides is 1. The van der Waals surface area contributed by atoms with Crippen molar-refractivity contribution in [2.45, 2.75) is 90.4 Å². The summed E-state index contributed by atoms with van der Waals surface area (Å²) in [4.78, 5) is 29.3. The van der Waals surface area contributed by atoms with Crippen LogP contribution in [0.4, 0.5) is 13.2 Å². The fourth-order valence-electron chi connectivity index (χ4n) is 4.49. The van der Waals surface area contributed by atoms with Crippen molar-refractivity contribution in [2.24, 2.45) is 0 Å². The van der Waals surface area contributed by atoms with Crippen molar-refractivity contribution in [1.82, 2.24) is 15.0 Å². The van der Waals surface area contributed by atoms with Gasteiger partial charge in [0.25, 0.3) is 5.89 Å². The largest absolute Gasteiger partial charge is 0.474 e. The summed E-state index contributed by atoms with van der Waals surface area (Å²) in [6.07, 6.45) is 7.10. The van der Waals surface area contributed by atoms with Gasteiger partial charge in [0.05, 0.1) is 5.56 Å². The van der Waals surface area contributed by atoms with E-state index < -0.39 is 23.6 Å². The number of carbonyl (C=O) groups excluding carboxylic acids is 1. The quantitative estimate of drug-likeness (QED) is 0.154. The van der Waals surface area contributed by atoms with Crippen molar-refractivity contribution in [2.75, 3.05) is 0 Å². The molecule has 0 aliphatic rings. The smallest absolute Gasteiger partial charge is 0.416 e. The van der Waals surface area contributed by atoms with Crippen LogP contribution in [-0.4, -0.2) is 32.0 Å². The van der Waals surface area contributed by atoms with E-state index in [0.29, 0.717) is 29.3 Å². The van der Waals surface area contributed by atoms with E-state index in [0.717, 1.165) is 29.9 Å². The number of aromatic nitrogens is 2. The second-order valence-corrected chi connectivity index (χ2v) is 9.96. The van der Waals surface area contributed by atoms with Gasteiger partial charge >= 0.3 is 18.1 Å². The van der Waals surface area contributed by atoms with E-state index in [2.05, 4.69) is 17.1 Å². The number of benzene rings is 2. The summed E-state index contributed by atoms with van der Waals surface area (Å²) >= 11 is 0. The molecular formula is C30H36F3N3O4. The molecule has 1 N–H and O–H groups in total. The van der Waals surface area contributed by atoms with Crippen molar-refractivity contribution in [1.29, 1.82) is 0 Å². The summed E-state index contributed by atoms with van der Waals surface area (Å²) in [5.74, 6) is -2.00. The molecule has 3 aromatic rings. The Morgan fingerprint density at radius 2 is 1.48 bits per heavy atom. The van der Waals surface area contributed by atoms with Gasteiger partial charge < -0.3 is 14.5 Å². The van der Waals surface area contributed by atoms with Crippen molar-refractivity contribution in [3.05, 3.63) is 71.0 Å². The van der Waals surface area contributed by atoms with Gasteiger partial charge in [0.15, 0.2) is 5.82 Å². The maximum Gasteiger partial charge on any atom is 0.416 e. The summed E-state index contributed by atoms with van der Waals surface area (Å²) in [6.45, 7) is 1.78. The predicted molar refractivity (Wildman–Crippen MR) is 144 cm³/mol. The highest BCUT2D eigenvalue weighted by molar-refractivity contribution is 6.31. The molecule has 0 saturated carbocycles. The molecule has 2 aromatic carbocycles. The summed E-state index contributed by atoms with van der Waals surface area (Å²) in [5.41, 5.74) is 0.464. The van der Waals surface area contributed by atoms with Crippen molar-refractivity contribution in [3.63, 3.8) is 0 Å². The van der Waals surface area contributed by atoms with Crippen molar-refractivity contribution >= 4 is 11.9 Å². The molecule has 0 saturated heterocycles. The molecule has 3 rings (SSSR count). The third-order valence-corrected chi connectivity index (χ3v) is 6.62. The van der Waals surface area contributed by atoms with Gasteiger partial charge in [-0.05, 0) is 41.8 Å². The van der Waals surface area contributed by atoms with E-state index in [1.165, 1.54) is 57.1 Å². The minimum Gasteiger partial charge on any atom is -0.474 e. The number of hydrogen-bond donors (Lipinski definition) is 1. The Kier molecular flexibility index (Phi) is 11.7. The first-order valence-electron chi connectivity index (χ1n) is 13.8. The minimum absolute atomic E-state index is 0.130. The van der Waals surface area contributed by atoms with Gasteiger partial charge in [0, 0.05) is 25.1 Å². The van der Waals surface area contributed by atoms with E-state index in [4.69, 9.17) is 4.52 Å². The summed E-state index contributed by atoms with van der Waals surface area (Å²) in [6, 6.07) is 11.3. The molecule has 0 unspecified atom stereocenters. The lowest BCUT2D eigenvalue weighted by Crippen LogP contribution is -2.35. The zero-order valence-corrected chi connectivity index (χ0v) is 22.8. The van der Waals surface area contributed by atoms with Gasteiger partial charge in [-0.2, -0.15) is 18.2 Å². The van der Waals surface area contributed by atoms with Crippen LogP contribution < -0.4 is 0 Å². The van der Waals surface area contributed by atoms with Crippen molar-refractivity contribution in [3.8, 4) is 11.5 Å². The molecule has 0 fully saturated rings. The molecule has 10 heteroatoms. The van der Waals surface area contributed by atoms with Crippen LogP contribution in [0.15, 0.2) is 53.1 Å². The van der Waals surface area contributed by atoms with Crippen LogP contribution in [0.5, 0.6) is 0 Å². The van der Waals surface area contributed by atoms with E-state index >= 15 is 0 Å². The summed E-state index contributed by atoms with van der Waals surface area (Å²) < 4.78 is 44.8. The minimum atomic E-state index is -4.55. The zero-order chi connectivity index (χ0) is 29.0. The van der Waals surface area contributed by atoms with Crippen LogP contribution in [0, 0.1) is 0 Å². The second-order valence-electron chi connectivity index (χ2n) is 9.96. The lowest BCUT2D eigenvalue weighted by atomic mass is 10.1. The molecule has 1 heterocycles. The van der Waals surface area contributed by atoms with E-state index in [-0.39, 0.29) is 18.7 Å². The molecule has 0 aliphatic heterocycles. The van der Waals surface area contributed by atoms with Crippen LogP contribution >= 0.6 is 0 Å². The van der Waals surface area contributed by atoms with Gasteiger partial charge in [-0.25, -0.2) is 4.79 Å². The standard InChI is InChI=1S/C30H36F3N3O4/c1-2-3-4-5-6-7-8-9-10-17-26-34-27(40-35-26)24-15-11-13-22(18-24)20-36(28(37)29(38)39)21-23-14-12-16-25(19-23)30(31,32)33/h11-16,18-19H,2-10,17,20-21H2,1H3,(H,38,39). The first-order chi connectivity index (χ1) is 19.2. The average molecular weight is 560 g/mol. The first kappa shape index (κ1) is 30.8. The van der Waals surface area contributed by atoms with Gasteiger partial charge in [-0.3, -0.25) is 4.79 Å². The van der Waals surface area contributed by atoms with Crippen LogP contribution in [0.25, 0.3) is 11.5 Å². The molecule has 7 nitrogen and oxygen atoms in total. The Hall–Kier alpha value is -3.69. The number of carbonyl (C=O) groups is 2. The van der Waals surface area contributed by atoms with Crippen LogP contribution in [0.2, 0.25) is 0 Å². The Bertz CT molecular complexity index is 1240. The Balaban J connectivity index is 1.60. The number of unbranched alkanes of at least 4 members (excludes halogenated alkanes) is 8. The number of hydrogen-bond acceptors (Lipinski definition) is 5. The molecule has 0 spiro atoms. The maximum absolute atomic E-state index is 13.1. The highest BCUT2D eigenvalue weighted by Gasteiger charge is 2.31. The monoisotopic (exact) mass is 559 g/mol. The van der Waals surface area contributed by atoms with Gasteiger partial charge in [-0.15, -0.1) is 0 Å². The molecular weight excluding hydrogens is 523 g/mol. The summed E-state index contributed by atoms with van der Waals surface area (Å²) in [7, 11) is 0. The number of halogens is 3. The molecule has 40 heavy (non-hydrogen) atoms. The molecule has 0 radical (unpaired) electrons. The zero-order valence-electron chi connectivity index (χ0n) is 22.8. The number of alkyl halides is 3. The van der Waals surface area contributed by atoms with Crippen LogP contribution in [0.1, 0.15) is 87.2 Å². The SMILES string of the molecule is CCCCCCCCCCCc1noc(-c2cccc(CN(Cc3cccc(C(F)(F)F)c3)C(=O)C(=O)O)c2)n1. The number of carboxylic acid groups (broad SMARTS) is 1.